The smallest absolute Gasteiger partial charge is 0.0421 e. The molecule has 0 aliphatic carbocycles. The average molecular weight is 192 g/mol. The van der Waals surface area contributed by atoms with Gasteiger partial charge in [-0.05, 0) is 37.1 Å². The summed E-state index contributed by atoms with van der Waals surface area (Å²) in [4.78, 5) is 0. The molecule has 0 aliphatic rings. The van der Waals surface area contributed by atoms with Gasteiger partial charge in [0.2, 0.25) is 0 Å². The van der Waals surface area contributed by atoms with Crippen LogP contribution in [0.3, 0.4) is 0 Å². The zero-order valence-electron chi connectivity index (χ0n) is 9.30. The lowest BCUT2D eigenvalue weighted by Gasteiger charge is -2.13. The van der Waals surface area contributed by atoms with Gasteiger partial charge in [-0.3, -0.25) is 0 Å². The number of likely N-dealkylation sites (N-methyl/N-ethyl adjacent to an activating group) is 1. The molecule has 1 unspecified atom stereocenters. The Kier molecular flexibility index (Phi) is 4.11. The van der Waals surface area contributed by atoms with Crippen molar-refractivity contribution in [3.8, 4) is 0 Å². The summed E-state index contributed by atoms with van der Waals surface area (Å²) in [5.41, 5.74) is 9.89. The van der Waals surface area contributed by atoms with Gasteiger partial charge in [0.25, 0.3) is 0 Å². The highest BCUT2D eigenvalue weighted by atomic mass is 14.9. The summed E-state index contributed by atoms with van der Waals surface area (Å²) >= 11 is 0. The lowest BCUT2D eigenvalue weighted by atomic mass is 10.0. The van der Waals surface area contributed by atoms with E-state index in [1.54, 1.807) is 0 Å². The summed E-state index contributed by atoms with van der Waals surface area (Å²) in [5.74, 6) is 0. The quantitative estimate of drug-likeness (QED) is 0.765. The maximum atomic E-state index is 6.04. The van der Waals surface area contributed by atoms with Crippen LogP contribution in [0.15, 0.2) is 18.2 Å². The van der Waals surface area contributed by atoms with E-state index in [-0.39, 0.29) is 6.04 Å². The van der Waals surface area contributed by atoms with Crippen molar-refractivity contribution in [1.29, 1.82) is 0 Å². The van der Waals surface area contributed by atoms with Crippen molar-refractivity contribution in [2.45, 2.75) is 26.8 Å². The Labute approximate surface area is 86.5 Å². The van der Waals surface area contributed by atoms with Crippen molar-refractivity contribution in [2.24, 2.45) is 5.73 Å². The van der Waals surface area contributed by atoms with Crippen molar-refractivity contribution < 1.29 is 0 Å². The fraction of sp³-hybridized carbons (Fsp3) is 0.500. The molecule has 14 heavy (non-hydrogen) atoms. The Hall–Kier alpha value is -0.860. The molecule has 0 fully saturated rings. The van der Waals surface area contributed by atoms with Crippen LogP contribution in [0.4, 0.5) is 0 Å². The maximum absolute atomic E-state index is 6.04. The normalized spacial score (nSPS) is 12.9. The lowest BCUT2D eigenvalue weighted by Crippen LogP contribution is -2.26. The first kappa shape index (κ1) is 11.2. The standard InChI is InChI=1S/C12H20N2/c1-4-14-8-12(13)11-6-5-9(2)10(3)7-11/h5-7,12,14H,4,8,13H2,1-3H3. The largest absolute Gasteiger partial charge is 0.323 e. The van der Waals surface area contributed by atoms with Gasteiger partial charge < -0.3 is 11.1 Å². The van der Waals surface area contributed by atoms with Crippen LogP contribution in [0.2, 0.25) is 0 Å². The molecular weight excluding hydrogens is 172 g/mol. The second-order valence-electron chi connectivity index (χ2n) is 3.76. The van der Waals surface area contributed by atoms with E-state index in [0.29, 0.717) is 0 Å². The Bertz CT molecular complexity index is 294. The molecule has 1 atom stereocenters. The molecule has 0 bridgehead atoms. The van der Waals surface area contributed by atoms with E-state index in [1.165, 1.54) is 16.7 Å². The molecule has 2 nitrogen and oxygen atoms in total. The van der Waals surface area contributed by atoms with Crippen LogP contribution in [0.5, 0.6) is 0 Å². The summed E-state index contributed by atoms with van der Waals surface area (Å²) < 4.78 is 0. The monoisotopic (exact) mass is 192 g/mol. The summed E-state index contributed by atoms with van der Waals surface area (Å²) in [5, 5.41) is 3.26. The van der Waals surface area contributed by atoms with Crippen LogP contribution in [0, 0.1) is 13.8 Å². The van der Waals surface area contributed by atoms with Crippen molar-refractivity contribution >= 4 is 0 Å². The number of hydrogen-bond acceptors (Lipinski definition) is 2. The minimum atomic E-state index is 0.106. The Morgan fingerprint density at radius 1 is 1.29 bits per heavy atom. The minimum absolute atomic E-state index is 0.106. The zero-order chi connectivity index (χ0) is 10.6. The van der Waals surface area contributed by atoms with Crippen LogP contribution < -0.4 is 11.1 Å². The summed E-state index contributed by atoms with van der Waals surface area (Å²) in [6.07, 6.45) is 0. The molecule has 0 amide bonds. The predicted molar refractivity (Wildman–Crippen MR) is 61.4 cm³/mol. The first-order valence-corrected chi connectivity index (χ1v) is 5.18. The average Bonchev–Trinajstić information content (AvgIpc) is 2.18. The molecule has 0 aliphatic heterocycles. The molecule has 2 heteroatoms. The van der Waals surface area contributed by atoms with E-state index in [9.17, 15) is 0 Å². The fourth-order valence-electron chi connectivity index (χ4n) is 1.41. The first-order valence-electron chi connectivity index (χ1n) is 5.18. The third kappa shape index (κ3) is 2.82. The molecule has 3 N–H and O–H groups in total. The molecule has 1 rings (SSSR count). The molecule has 0 radical (unpaired) electrons. The van der Waals surface area contributed by atoms with Gasteiger partial charge in [-0.15, -0.1) is 0 Å². The van der Waals surface area contributed by atoms with E-state index >= 15 is 0 Å². The van der Waals surface area contributed by atoms with Crippen molar-refractivity contribution in [3.63, 3.8) is 0 Å². The zero-order valence-corrected chi connectivity index (χ0v) is 9.30. The molecule has 0 saturated carbocycles. The van der Waals surface area contributed by atoms with Gasteiger partial charge in [-0.25, -0.2) is 0 Å². The third-order valence-corrected chi connectivity index (χ3v) is 2.57. The van der Waals surface area contributed by atoms with E-state index in [2.05, 4.69) is 44.3 Å². The SMILES string of the molecule is CCNCC(N)c1ccc(C)c(C)c1. The predicted octanol–water partition coefficient (Wildman–Crippen LogP) is 1.91. The van der Waals surface area contributed by atoms with Crippen molar-refractivity contribution in [3.05, 3.63) is 34.9 Å². The molecule has 0 heterocycles. The van der Waals surface area contributed by atoms with Crippen LogP contribution in [-0.4, -0.2) is 13.1 Å². The van der Waals surface area contributed by atoms with Gasteiger partial charge in [-0.1, -0.05) is 25.1 Å². The van der Waals surface area contributed by atoms with Crippen LogP contribution >= 0.6 is 0 Å². The molecular formula is C12H20N2. The van der Waals surface area contributed by atoms with Crippen molar-refractivity contribution in [2.75, 3.05) is 13.1 Å². The molecule has 0 spiro atoms. The van der Waals surface area contributed by atoms with E-state index < -0.39 is 0 Å². The van der Waals surface area contributed by atoms with Gasteiger partial charge in [0.15, 0.2) is 0 Å². The number of rotatable bonds is 4. The Morgan fingerprint density at radius 3 is 2.57 bits per heavy atom. The topological polar surface area (TPSA) is 38.0 Å². The highest BCUT2D eigenvalue weighted by Gasteiger charge is 2.05. The lowest BCUT2D eigenvalue weighted by molar-refractivity contribution is 0.615. The highest BCUT2D eigenvalue weighted by Crippen LogP contribution is 2.14. The van der Waals surface area contributed by atoms with E-state index in [1.807, 2.05) is 0 Å². The van der Waals surface area contributed by atoms with Gasteiger partial charge in [0.05, 0.1) is 0 Å². The molecule has 0 saturated heterocycles. The molecule has 1 aromatic rings. The first-order chi connectivity index (χ1) is 6.65. The second-order valence-corrected chi connectivity index (χ2v) is 3.76. The third-order valence-electron chi connectivity index (χ3n) is 2.57. The van der Waals surface area contributed by atoms with Crippen LogP contribution in [0.1, 0.15) is 29.7 Å². The summed E-state index contributed by atoms with van der Waals surface area (Å²) in [7, 11) is 0. The van der Waals surface area contributed by atoms with Gasteiger partial charge >= 0.3 is 0 Å². The summed E-state index contributed by atoms with van der Waals surface area (Å²) in [6, 6.07) is 6.53. The van der Waals surface area contributed by atoms with Gasteiger partial charge in [0, 0.05) is 12.6 Å². The van der Waals surface area contributed by atoms with Crippen LogP contribution in [0.25, 0.3) is 0 Å². The van der Waals surface area contributed by atoms with Crippen molar-refractivity contribution in [1.82, 2.24) is 5.32 Å². The fourth-order valence-corrected chi connectivity index (χ4v) is 1.41. The van der Waals surface area contributed by atoms with Crippen LogP contribution in [-0.2, 0) is 0 Å². The number of nitrogens with one attached hydrogen (secondary N) is 1. The van der Waals surface area contributed by atoms with E-state index in [4.69, 9.17) is 5.73 Å². The number of aryl methyl sites for hydroxylation is 2. The number of nitrogens with two attached hydrogens (primary N) is 1. The second kappa shape index (κ2) is 5.13. The molecule has 0 aromatic heterocycles. The van der Waals surface area contributed by atoms with Gasteiger partial charge in [0.1, 0.15) is 0 Å². The van der Waals surface area contributed by atoms with Gasteiger partial charge in [-0.2, -0.15) is 0 Å². The maximum Gasteiger partial charge on any atom is 0.0421 e. The van der Waals surface area contributed by atoms with E-state index in [0.717, 1.165) is 13.1 Å². The minimum Gasteiger partial charge on any atom is -0.323 e. The number of benzene rings is 1. The summed E-state index contributed by atoms with van der Waals surface area (Å²) in [6.45, 7) is 8.15. The Morgan fingerprint density at radius 2 is 2.00 bits per heavy atom. The molecule has 78 valence electrons. The Balaban J connectivity index is 2.70. The molecule has 1 aromatic carbocycles. The highest BCUT2D eigenvalue weighted by molar-refractivity contribution is 5.31. The number of hydrogen-bond donors (Lipinski definition) is 2.